The molecule has 0 saturated heterocycles. The van der Waals surface area contributed by atoms with Crippen molar-refractivity contribution in [1.29, 1.82) is 0 Å². The number of nitrogens with one attached hydrogen (secondary N) is 1. The van der Waals surface area contributed by atoms with Gasteiger partial charge in [0.2, 0.25) is 0 Å². The first kappa shape index (κ1) is 23.0. The number of rotatable bonds is 7. The van der Waals surface area contributed by atoms with Gasteiger partial charge in [-0.2, -0.15) is 0 Å². The zero-order valence-electron chi connectivity index (χ0n) is 18.8. The molecule has 0 atom stereocenters. The molecule has 0 radical (unpaired) electrons. The summed E-state index contributed by atoms with van der Waals surface area (Å²) < 4.78 is 38.9. The monoisotopic (exact) mass is 464 g/mol. The zero-order valence-corrected chi connectivity index (χ0v) is 18.8. The van der Waals surface area contributed by atoms with Crippen LogP contribution in [-0.2, 0) is 9.59 Å². The Bertz CT molecular complexity index is 1300. The van der Waals surface area contributed by atoms with Gasteiger partial charge in [0.05, 0.1) is 30.7 Å². The van der Waals surface area contributed by atoms with Crippen molar-refractivity contribution in [2.45, 2.75) is 13.8 Å². The lowest BCUT2D eigenvalue weighted by Crippen LogP contribution is -2.33. The molecule has 3 aromatic rings. The molecule has 1 heterocycles. The van der Waals surface area contributed by atoms with E-state index in [9.17, 15) is 18.4 Å². The Kier molecular flexibility index (Phi) is 6.32. The molecule has 4 rings (SSSR count). The summed E-state index contributed by atoms with van der Waals surface area (Å²) in [4.78, 5) is 27.6. The number of aryl methyl sites for hydroxylation is 1. The van der Waals surface area contributed by atoms with Crippen LogP contribution in [0.5, 0.6) is 11.5 Å². The van der Waals surface area contributed by atoms with Crippen molar-refractivity contribution in [3.63, 3.8) is 0 Å². The number of halogens is 2. The third kappa shape index (κ3) is 4.22. The topological polar surface area (TPSA) is 67.9 Å². The lowest BCUT2D eigenvalue weighted by atomic mass is 10.0. The van der Waals surface area contributed by atoms with E-state index in [4.69, 9.17) is 9.47 Å². The number of carbonyl (C=O) groups is 2. The van der Waals surface area contributed by atoms with Gasteiger partial charge in [-0.1, -0.05) is 18.2 Å². The number of imide groups is 1. The van der Waals surface area contributed by atoms with Gasteiger partial charge in [-0.05, 0) is 61.4 Å². The molecule has 2 amide bonds. The molecule has 0 bridgehead atoms. The Labute approximate surface area is 195 Å². The maximum atomic E-state index is 14.6. The second kappa shape index (κ2) is 9.35. The van der Waals surface area contributed by atoms with Crippen molar-refractivity contribution >= 4 is 28.8 Å². The number of amides is 2. The van der Waals surface area contributed by atoms with E-state index in [0.29, 0.717) is 40.3 Å². The largest absolute Gasteiger partial charge is 0.495 e. The van der Waals surface area contributed by atoms with E-state index in [-0.39, 0.29) is 17.0 Å². The number of hydrogen-bond donors (Lipinski definition) is 1. The van der Waals surface area contributed by atoms with Crippen molar-refractivity contribution in [3.05, 3.63) is 89.1 Å². The highest BCUT2D eigenvalue weighted by molar-refractivity contribution is 6.46. The van der Waals surface area contributed by atoms with Gasteiger partial charge in [0.15, 0.2) is 0 Å². The summed E-state index contributed by atoms with van der Waals surface area (Å²) in [5.74, 6) is -2.31. The molecule has 1 N–H and O–H groups in total. The van der Waals surface area contributed by atoms with Crippen molar-refractivity contribution in [1.82, 2.24) is 0 Å². The second-order valence-corrected chi connectivity index (χ2v) is 7.58. The second-order valence-electron chi connectivity index (χ2n) is 7.58. The van der Waals surface area contributed by atoms with E-state index < -0.39 is 23.4 Å². The molecule has 1 aliphatic rings. The fourth-order valence-corrected chi connectivity index (χ4v) is 3.73. The molecule has 0 aliphatic carbocycles. The SMILES string of the molecule is CCOc1ccc(C2=C(Nc3cc(C)ccc3OC)C(=O)N(c3ccc(F)cc3F)C2=O)cc1. The molecule has 1 aliphatic heterocycles. The Hall–Kier alpha value is -4.20. The summed E-state index contributed by atoms with van der Waals surface area (Å²) in [5.41, 5.74) is 1.43. The van der Waals surface area contributed by atoms with Gasteiger partial charge in [-0.3, -0.25) is 9.59 Å². The molecule has 0 aromatic heterocycles. The lowest BCUT2D eigenvalue weighted by Gasteiger charge is -2.17. The number of methoxy groups -OCH3 is 1. The maximum absolute atomic E-state index is 14.6. The van der Waals surface area contributed by atoms with Crippen LogP contribution >= 0.6 is 0 Å². The molecule has 0 saturated carbocycles. The summed E-state index contributed by atoms with van der Waals surface area (Å²) >= 11 is 0. The molecule has 34 heavy (non-hydrogen) atoms. The quantitative estimate of drug-likeness (QED) is 0.494. The highest BCUT2D eigenvalue weighted by Crippen LogP contribution is 2.37. The average Bonchev–Trinajstić information content (AvgIpc) is 3.04. The molecule has 8 heteroatoms. The molecule has 6 nitrogen and oxygen atoms in total. The summed E-state index contributed by atoms with van der Waals surface area (Å²) in [6.07, 6.45) is 0. The molecular formula is C26H22F2N2O4. The van der Waals surface area contributed by atoms with Crippen LogP contribution in [0.25, 0.3) is 5.57 Å². The first-order chi connectivity index (χ1) is 16.3. The fraction of sp³-hybridized carbons (Fsp3) is 0.154. The molecular weight excluding hydrogens is 442 g/mol. The standard InChI is InChI=1S/C26H22F2N2O4/c1-4-34-18-9-6-16(7-10-18)23-24(29-20-13-15(2)5-12-22(20)33-3)26(32)30(25(23)31)21-11-8-17(27)14-19(21)28/h5-14,29H,4H2,1-3H3. The summed E-state index contributed by atoms with van der Waals surface area (Å²) in [5, 5.41) is 3.02. The minimum atomic E-state index is -1.03. The lowest BCUT2D eigenvalue weighted by molar-refractivity contribution is -0.120. The summed E-state index contributed by atoms with van der Waals surface area (Å²) in [7, 11) is 1.49. The first-order valence-corrected chi connectivity index (χ1v) is 10.6. The number of benzene rings is 3. The van der Waals surface area contributed by atoms with E-state index >= 15 is 0 Å². The Morgan fingerprint density at radius 3 is 2.32 bits per heavy atom. The van der Waals surface area contributed by atoms with Crippen molar-refractivity contribution in [2.24, 2.45) is 0 Å². The third-order valence-corrected chi connectivity index (χ3v) is 5.30. The van der Waals surface area contributed by atoms with Gasteiger partial charge >= 0.3 is 0 Å². The van der Waals surface area contributed by atoms with Crippen molar-refractivity contribution in [2.75, 3.05) is 23.9 Å². The average molecular weight is 464 g/mol. The highest BCUT2D eigenvalue weighted by atomic mass is 19.1. The van der Waals surface area contributed by atoms with E-state index in [1.165, 1.54) is 7.11 Å². The predicted octanol–water partition coefficient (Wildman–Crippen LogP) is 5.08. The Balaban J connectivity index is 1.85. The molecule has 0 unspecified atom stereocenters. The van der Waals surface area contributed by atoms with Crippen molar-refractivity contribution in [3.8, 4) is 11.5 Å². The van der Waals surface area contributed by atoms with Crippen LogP contribution in [0.1, 0.15) is 18.1 Å². The van der Waals surface area contributed by atoms with Gasteiger partial charge in [-0.25, -0.2) is 13.7 Å². The molecule has 3 aromatic carbocycles. The van der Waals surface area contributed by atoms with Crippen molar-refractivity contribution < 1.29 is 27.8 Å². The number of hydrogen-bond acceptors (Lipinski definition) is 5. The number of ether oxygens (including phenoxy) is 2. The number of carbonyl (C=O) groups excluding carboxylic acids is 2. The van der Waals surface area contributed by atoms with E-state index in [2.05, 4.69) is 5.32 Å². The van der Waals surface area contributed by atoms with Gasteiger partial charge in [-0.15, -0.1) is 0 Å². The smallest absolute Gasteiger partial charge is 0.282 e. The van der Waals surface area contributed by atoms with Crippen LogP contribution in [-0.4, -0.2) is 25.5 Å². The number of anilines is 2. The van der Waals surface area contributed by atoms with Crippen LogP contribution in [0, 0.1) is 18.6 Å². The van der Waals surface area contributed by atoms with Crippen LogP contribution in [0.3, 0.4) is 0 Å². The third-order valence-electron chi connectivity index (χ3n) is 5.30. The normalized spacial score (nSPS) is 13.5. The van der Waals surface area contributed by atoms with Gasteiger partial charge in [0.25, 0.3) is 11.8 Å². The first-order valence-electron chi connectivity index (χ1n) is 10.6. The van der Waals surface area contributed by atoms with Crippen LogP contribution < -0.4 is 19.7 Å². The van der Waals surface area contributed by atoms with Gasteiger partial charge in [0.1, 0.15) is 28.8 Å². The summed E-state index contributed by atoms with van der Waals surface area (Å²) in [6, 6.07) is 14.7. The Morgan fingerprint density at radius 1 is 0.941 bits per heavy atom. The summed E-state index contributed by atoms with van der Waals surface area (Å²) in [6.45, 7) is 4.19. The molecule has 174 valence electrons. The highest BCUT2D eigenvalue weighted by Gasteiger charge is 2.41. The Morgan fingerprint density at radius 2 is 1.68 bits per heavy atom. The van der Waals surface area contributed by atoms with E-state index in [1.807, 2.05) is 19.9 Å². The van der Waals surface area contributed by atoms with Crippen LogP contribution in [0.15, 0.2) is 66.4 Å². The zero-order chi connectivity index (χ0) is 24.4. The predicted molar refractivity (Wildman–Crippen MR) is 125 cm³/mol. The van der Waals surface area contributed by atoms with Crippen LogP contribution in [0.4, 0.5) is 20.2 Å². The molecule has 0 spiro atoms. The molecule has 0 fully saturated rings. The van der Waals surface area contributed by atoms with Crippen LogP contribution in [0.2, 0.25) is 0 Å². The number of nitrogens with zero attached hydrogens (tertiary/aromatic N) is 1. The maximum Gasteiger partial charge on any atom is 0.282 e. The van der Waals surface area contributed by atoms with Gasteiger partial charge in [0, 0.05) is 6.07 Å². The van der Waals surface area contributed by atoms with Gasteiger partial charge < -0.3 is 14.8 Å². The minimum Gasteiger partial charge on any atom is -0.495 e. The fourth-order valence-electron chi connectivity index (χ4n) is 3.73. The van der Waals surface area contributed by atoms with E-state index in [0.717, 1.165) is 17.7 Å². The van der Waals surface area contributed by atoms with E-state index in [1.54, 1.807) is 36.4 Å². The minimum absolute atomic E-state index is 0.0420.